The van der Waals surface area contributed by atoms with E-state index in [1.807, 2.05) is 12.1 Å². The largest absolute Gasteiger partial charge is 0.493 e. The Hall–Kier alpha value is -1.10. The Morgan fingerprint density at radius 3 is 2.76 bits per heavy atom. The summed E-state index contributed by atoms with van der Waals surface area (Å²) in [4.78, 5) is 0. The zero-order chi connectivity index (χ0) is 15.3. The number of hydrogen-bond acceptors (Lipinski definition) is 4. The van der Waals surface area contributed by atoms with E-state index in [0.717, 1.165) is 25.1 Å². The maximum atomic E-state index is 5.77. The van der Waals surface area contributed by atoms with E-state index >= 15 is 0 Å². The van der Waals surface area contributed by atoms with Crippen molar-refractivity contribution in [2.24, 2.45) is 0 Å². The van der Waals surface area contributed by atoms with Crippen molar-refractivity contribution >= 4 is 0 Å². The van der Waals surface area contributed by atoms with Crippen molar-refractivity contribution in [2.45, 2.75) is 32.7 Å². The van der Waals surface area contributed by atoms with Gasteiger partial charge in [-0.25, -0.2) is 0 Å². The average Bonchev–Trinajstić information content (AvgIpc) is 2.52. The van der Waals surface area contributed by atoms with Crippen LogP contribution in [0.2, 0.25) is 0 Å². The summed E-state index contributed by atoms with van der Waals surface area (Å²) in [7, 11) is 1.68. The van der Waals surface area contributed by atoms with Gasteiger partial charge in [0, 0.05) is 26.2 Å². The van der Waals surface area contributed by atoms with E-state index in [2.05, 4.69) is 31.3 Å². The molecule has 0 bridgehead atoms. The van der Waals surface area contributed by atoms with Crippen LogP contribution < -0.4 is 10.1 Å². The fourth-order valence-electron chi connectivity index (χ4n) is 1.95. The van der Waals surface area contributed by atoms with E-state index < -0.39 is 0 Å². The Labute approximate surface area is 128 Å². The molecule has 1 aromatic rings. The Morgan fingerprint density at radius 2 is 2.00 bits per heavy atom. The molecule has 4 nitrogen and oxygen atoms in total. The minimum Gasteiger partial charge on any atom is -0.493 e. The van der Waals surface area contributed by atoms with Crippen LogP contribution in [-0.4, -0.2) is 40.1 Å². The summed E-state index contributed by atoms with van der Waals surface area (Å²) in [6.07, 6.45) is 2.03. The first kappa shape index (κ1) is 18.0. The highest BCUT2D eigenvalue weighted by molar-refractivity contribution is 5.30. The number of ether oxygens (including phenoxy) is 3. The minimum absolute atomic E-state index is 0.353. The predicted molar refractivity (Wildman–Crippen MR) is 86.0 cm³/mol. The second-order valence-electron chi connectivity index (χ2n) is 5.06. The zero-order valence-electron chi connectivity index (χ0n) is 13.6. The topological polar surface area (TPSA) is 39.7 Å². The van der Waals surface area contributed by atoms with Crippen molar-refractivity contribution in [1.29, 1.82) is 0 Å². The summed E-state index contributed by atoms with van der Waals surface area (Å²) in [5.41, 5.74) is 1.26. The standard InChI is InChI=1S/C17H29NO3/c1-4-9-18-15(2)16-7-5-8-17(14-16)21-11-6-10-20-13-12-19-3/h5,7-8,14-15,18H,4,6,9-13H2,1-3H3. The SMILES string of the molecule is CCCNC(C)c1cccc(OCCCOCCOC)c1. The molecule has 0 fully saturated rings. The second kappa shape index (κ2) is 11.5. The van der Waals surface area contributed by atoms with Gasteiger partial charge in [0.05, 0.1) is 19.8 Å². The van der Waals surface area contributed by atoms with Gasteiger partial charge in [-0.3, -0.25) is 0 Å². The molecule has 1 unspecified atom stereocenters. The lowest BCUT2D eigenvalue weighted by Crippen LogP contribution is -2.19. The van der Waals surface area contributed by atoms with Crippen LogP contribution in [0.3, 0.4) is 0 Å². The van der Waals surface area contributed by atoms with Crippen molar-refractivity contribution in [3.63, 3.8) is 0 Å². The Morgan fingerprint density at radius 1 is 1.14 bits per heavy atom. The molecule has 1 atom stereocenters. The molecule has 0 aliphatic heterocycles. The summed E-state index contributed by atoms with van der Waals surface area (Å²) < 4.78 is 16.1. The first-order chi connectivity index (χ1) is 10.3. The van der Waals surface area contributed by atoms with Gasteiger partial charge < -0.3 is 19.5 Å². The van der Waals surface area contributed by atoms with E-state index in [4.69, 9.17) is 14.2 Å². The Bertz CT molecular complexity index is 371. The molecular weight excluding hydrogens is 266 g/mol. The lowest BCUT2D eigenvalue weighted by Gasteiger charge is -2.15. The van der Waals surface area contributed by atoms with Crippen LogP contribution in [0.5, 0.6) is 5.75 Å². The molecule has 0 aromatic heterocycles. The summed E-state index contributed by atoms with van der Waals surface area (Å²) >= 11 is 0. The molecule has 120 valence electrons. The van der Waals surface area contributed by atoms with Gasteiger partial charge in [0.1, 0.15) is 5.75 Å². The highest BCUT2D eigenvalue weighted by Crippen LogP contribution is 2.19. The third kappa shape index (κ3) is 8.05. The smallest absolute Gasteiger partial charge is 0.119 e. The van der Waals surface area contributed by atoms with E-state index in [1.54, 1.807) is 7.11 Å². The lowest BCUT2D eigenvalue weighted by atomic mass is 10.1. The summed E-state index contributed by atoms with van der Waals surface area (Å²) in [5, 5.41) is 3.48. The number of benzene rings is 1. The molecule has 0 saturated heterocycles. The third-order valence-corrected chi connectivity index (χ3v) is 3.19. The average molecular weight is 295 g/mol. The molecule has 0 radical (unpaired) electrons. The van der Waals surface area contributed by atoms with Crippen LogP contribution in [-0.2, 0) is 9.47 Å². The Kier molecular flexibility index (Phi) is 9.87. The maximum Gasteiger partial charge on any atom is 0.119 e. The molecular formula is C17H29NO3. The van der Waals surface area contributed by atoms with Crippen LogP contribution in [0, 0.1) is 0 Å². The first-order valence-corrected chi connectivity index (χ1v) is 7.80. The van der Waals surface area contributed by atoms with Crippen LogP contribution in [0.25, 0.3) is 0 Å². The van der Waals surface area contributed by atoms with Crippen LogP contribution in [0.1, 0.15) is 38.3 Å². The van der Waals surface area contributed by atoms with Crippen LogP contribution >= 0.6 is 0 Å². The summed E-state index contributed by atoms with van der Waals surface area (Å²) in [6.45, 7) is 8.06. The first-order valence-electron chi connectivity index (χ1n) is 7.80. The molecule has 0 aliphatic carbocycles. The molecule has 1 aromatic carbocycles. The van der Waals surface area contributed by atoms with Gasteiger partial charge in [0.2, 0.25) is 0 Å². The molecule has 1 rings (SSSR count). The van der Waals surface area contributed by atoms with Crippen molar-refractivity contribution in [3.05, 3.63) is 29.8 Å². The van der Waals surface area contributed by atoms with Gasteiger partial charge >= 0.3 is 0 Å². The molecule has 0 aliphatic rings. The normalized spacial score (nSPS) is 12.3. The van der Waals surface area contributed by atoms with E-state index in [9.17, 15) is 0 Å². The van der Waals surface area contributed by atoms with E-state index in [-0.39, 0.29) is 0 Å². The number of rotatable bonds is 12. The van der Waals surface area contributed by atoms with Gasteiger partial charge in [0.15, 0.2) is 0 Å². The fourth-order valence-corrected chi connectivity index (χ4v) is 1.95. The lowest BCUT2D eigenvalue weighted by molar-refractivity contribution is 0.0644. The molecule has 21 heavy (non-hydrogen) atoms. The van der Waals surface area contributed by atoms with Crippen LogP contribution in [0.15, 0.2) is 24.3 Å². The van der Waals surface area contributed by atoms with Crippen molar-refractivity contribution in [1.82, 2.24) is 5.32 Å². The number of methoxy groups -OCH3 is 1. The van der Waals surface area contributed by atoms with Crippen LogP contribution in [0.4, 0.5) is 0 Å². The van der Waals surface area contributed by atoms with Crippen molar-refractivity contribution in [2.75, 3.05) is 40.1 Å². The molecule has 1 N–H and O–H groups in total. The quantitative estimate of drug-likeness (QED) is 0.601. The molecule has 0 spiro atoms. The van der Waals surface area contributed by atoms with Gasteiger partial charge in [-0.05, 0) is 37.6 Å². The monoisotopic (exact) mass is 295 g/mol. The molecule has 0 saturated carbocycles. The second-order valence-corrected chi connectivity index (χ2v) is 5.06. The number of hydrogen-bond donors (Lipinski definition) is 1. The summed E-state index contributed by atoms with van der Waals surface area (Å²) in [5.74, 6) is 0.925. The van der Waals surface area contributed by atoms with Crippen molar-refractivity contribution in [3.8, 4) is 5.75 Å². The van der Waals surface area contributed by atoms with Gasteiger partial charge in [0.25, 0.3) is 0 Å². The minimum atomic E-state index is 0.353. The highest BCUT2D eigenvalue weighted by Gasteiger charge is 2.05. The van der Waals surface area contributed by atoms with E-state index in [0.29, 0.717) is 32.5 Å². The highest BCUT2D eigenvalue weighted by atomic mass is 16.5. The van der Waals surface area contributed by atoms with Crippen molar-refractivity contribution < 1.29 is 14.2 Å². The summed E-state index contributed by atoms with van der Waals surface area (Å²) in [6, 6.07) is 8.64. The zero-order valence-corrected chi connectivity index (χ0v) is 13.6. The third-order valence-electron chi connectivity index (χ3n) is 3.19. The molecule has 0 amide bonds. The molecule has 4 heteroatoms. The predicted octanol–water partition coefficient (Wildman–Crippen LogP) is 3.18. The van der Waals surface area contributed by atoms with Gasteiger partial charge in [-0.1, -0.05) is 19.1 Å². The maximum absolute atomic E-state index is 5.77. The molecule has 0 heterocycles. The van der Waals surface area contributed by atoms with E-state index in [1.165, 1.54) is 5.56 Å². The van der Waals surface area contributed by atoms with Gasteiger partial charge in [-0.2, -0.15) is 0 Å². The Balaban J connectivity index is 2.26. The van der Waals surface area contributed by atoms with Gasteiger partial charge in [-0.15, -0.1) is 0 Å². The fraction of sp³-hybridized carbons (Fsp3) is 0.647. The number of nitrogens with one attached hydrogen (secondary N) is 1.